The lowest BCUT2D eigenvalue weighted by molar-refractivity contribution is -0.172. The quantitative estimate of drug-likeness (QED) is 0.292. The smallest absolute Gasteiger partial charge is 0.415 e. The summed E-state index contributed by atoms with van der Waals surface area (Å²) in [6.45, 7) is 6.09. The molecule has 0 spiro atoms. The van der Waals surface area contributed by atoms with Gasteiger partial charge in [-0.1, -0.05) is 37.6 Å². The summed E-state index contributed by atoms with van der Waals surface area (Å²) in [4.78, 5) is 48.3. The SMILES string of the molecule is CCc1ccc(OC(=O)N2CCN(c3cccc(Cl)c3)CC2)c2cc3c(nc12)-c1cc2c(c(=O)n1C3)COC(=O)[C@]2(O)CC. The number of cyclic esters (lactones) is 1. The van der Waals surface area contributed by atoms with Crippen molar-refractivity contribution in [2.45, 2.75) is 45.4 Å². The number of fused-ring (bicyclic) bond motifs is 5. The second-order valence-corrected chi connectivity index (χ2v) is 11.8. The standard InChI is InChI=1S/C33H31ClN4O6/c1-3-19-8-9-27(44-32(41)37-12-10-36(11-13-37)22-7-5-6-21(34)15-22)23-14-20-17-38-26(29(20)35-28(19)23)16-25-24(30(38)39)18-43-31(40)33(25,42)4-2/h5-9,14-16,42H,3-4,10-13,17-18H2,1-2H3/t33-/m0/s1. The van der Waals surface area contributed by atoms with Gasteiger partial charge in [0, 0.05) is 53.4 Å². The van der Waals surface area contributed by atoms with Crippen LogP contribution in [0.3, 0.4) is 0 Å². The fourth-order valence-corrected chi connectivity index (χ4v) is 6.64. The van der Waals surface area contributed by atoms with E-state index in [4.69, 9.17) is 26.1 Å². The van der Waals surface area contributed by atoms with Crippen LogP contribution in [0.4, 0.5) is 10.5 Å². The first kappa shape index (κ1) is 28.4. The number of ether oxygens (including phenoxy) is 2. The number of benzene rings is 2. The van der Waals surface area contributed by atoms with Crippen molar-refractivity contribution in [3.63, 3.8) is 0 Å². The molecule has 0 saturated carbocycles. The van der Waals surface area contributed by atoms with Gasteiger partial charge in [0.1, 0.15) is 12.4 Å². The zero-order chi connectivity index (χ0) is 30.7. The highest BCUT2D eigenvalue weighted by molar-refractivity contribution is 6.30. The van der Waals surface area contributed by atoms with Gasteiger partial charge in [0.2, 0.25) is 0 Å². The molecule has 0 unspecified atom stereocenters. The van der Waals surface area contributed by atoms with Crippen molar-refractivity contribution >= 4 is 40.3 Å². The van der Waals surface area contributed by atoms with Gasteiger partial charge in [-0.05, 0) is 54.8 Å². The predicted molar refractivity (Wildman–Crippen MR) is 165 cm³/mol. The summed E-state index contributed by atoms with van der Waals surface area (Å²) in [7, 11) is 0. The highest BCUT2D eigenvalue weighted by Gasteiger charge is 2.45. The molecule has 1 fully saturated rings. The molecular weight excluding hydrogens is 584 g/mol. The number of rotatable bonds is 4. The van der Waals surface area contributed by atoms with Gasteiger partial charge in [-0.25, -0.2) is 14.6 Å². The molecule has 5 heterocycles. The van der Waals surface area contributed by atoms with Crippen molar-refractivity contribution in [2.75, 3.05) is 31.1 Å². The summed E-state index contributed by atoms with van der Waals surface area (Å²) >= 11 is 6.16. The van der Waals surface area contributed by atoms with Gasteiger partial charge in [0.25, 0.3) is 5.56 Å². The monoisotopic (exact) mass is 614 g/mol. The van der Waals surface area contributed by atoms with Crippen LogP contribution in [-0.4, -0.2) is 57.8 Å². The lowest BCUT2D eigenvalue weighted by Gasteiger charge is -2.35. The second kappa shape index (κ2) is 10.6. The van der Waals surface area contributed by atoms with Gasteiger partial charge in [-0.15, -0.1) is 0 Å². The molecule has 7 rings (SSSR count). The van der Waals surface area contributed by atoms with Crippen LogP contribution < -0.4 is 15.2 Å². The summed E-state index contributed by atoms with van der Waals surface area (Å²) in [5.74, 6) is -0.358. The molecule has 0 bridgehead atoms. The van der Waals surface area contributed by atoms with Crippen LogP contribution >= 0.6 is 11.6 Å². The van der Waals surface area contributed by atoms with Gasteiger partial charge >= 0.3 is 12.1 Å². The Labute approximate surface area is 258 Å². The Morgan fingerprint density at radius 2 is 1.89 bits per heavy atom. The number of halogens is 1. The molecule has 1 N–H and O–H groups in total. The number of aliphatic hydroxyl groups is 1. The number of aryl methyl sites for hydroxylation is 1. The molecule has 0 aliphatic carbocycles. The minimum absolute atomic E-state index is 0.0735. The zero-order valence-corrected chi connectivity index (χ0v) is 25.2. The first-order chi connectivity index (χ1) is 21.2. The Morgan fingerprint density at radius 1 is 1.09 bits per heavy atom. The van der Waals surface area contributed by atoms with E-state index in [9.17, 15) is 19.5 Å². The van der Waals surface area contributed by atoms with Gasteiger partial charge in [0.15, 0.2) is 5.60 Å². The molecule has 3 aliphatic heterocycles. The van der Waals surface area contributed by atoms with E-state index < -0.39 is 17.7 Å². The zero-order valence-electron chi connectivity index (χ0n) is 24.4. The molecule has 226 valence electrons. The number of nitrogens with zero attached hydrogens (tertiary/aromatic N) is 4. The van der Waals surface area contributed by atoms with Crippen molar-refractivity contribution < 1.29 is 24.2 Å². The molecule has 1 atom stereocenters. The molecule has 0 radical (unpaired) electrons. The number of anilines is 1. The molecular formula is C33H31ClN4O6. The van der Waals surface area contributed by atoms with Gasteiger partial charge in [-0.2, -0.15) is 0 Å². The number of carbonyl (C=O) groups is 2. The van der Waals surface area contributed by atoms with Crippen LogP contribution in [0.15, 0.2) is 53.3 Å². The van der Waals surface area contributed by atoms with E-state index in [0.717, 1.165) is 16.8 Å². The summed E-state index contributed by atoms with van der Waals surface area (Å²) in [6.07, 6.45) is 0.335. The Hall–Kier alpha value is -4.41. The lowest BCUT2D eigenvalue weighted by Crippen LogP contribution is -2.49. The Balaban J connectivity index is 1.20. The molecule has 3 aliphatic rings. The number of hydrogen-bond acceptors (Lipinski definition) is 8. The van der Waals surface area contributed by atoms with Crippen molar-refractivity contribution in [2.24, 2.45) is 0 Å². The third-order valence-corrected chi connectivity index (χ3v) is 9.25. The molecule has 1 amide bonds. The normalized spacial score (nSPS) is 19.0. The number of esters is 1. The molecule has 11 heteroatoms. The maximum absolute atomic E-state index is 13.6. The van der Waals surface area contributed by atoms with Crippen molar-refractivity contribution in [3.05, 3.63) is 86.2 Å². The number of amides is 1. The first-order valence-electron chi connectivity index (χ1n) is 14.8. The van der Waals surface area contributed by atoms with E-state index >= 15 is 0 Å². The predicted octanol–water partition coefficient (Wildman–Crippen LogP) is 4.62. The maximum atomic E-state index is 13.6. The number of carbonyl (C=O) groups excluding carboxylic acids is 2. The average molecular weight is 615 g/mol. The lowest BCUT2D eigenvalue weighted by atomic mass is 9.86. The third kappa shape index (κ3) is 4.43. The molecule has 10 nitrogen and oxygen atoms in total. The summed E-state index contributed by atoms with van der Waals surface area (Å²) in [5, 5.41) is 12.5. The van der Waals surface area contributed by atoms with Crippen molar-refractivity contribution in [1.82, 2.24) is 14.5 Å². The van der Waals surface area contributed by atoms with E-state index in [2.05, 4.69) is 4.90 Å². The third-order valence-electron chi connectivity index (χ3n) is 9.01. The first-order valence-corrected chi connectivity index (χ1v) is 15.2. The highest BCUT2D eigenvalue weighted by Crippen LogP contribution is 2.40. The molecule has 4 aromatic rings. The van der Waals surface area contributed by atoms with Crippen LogP contribution in [0.1, 0.15) is 42.5 Å². The number of hydrogen-bond donors (Lipinski definition) is 1. The van der Waals surface area contributed by atoms with Crippen LogP contribution in [0.5, 0.6) is 5.75 Å². The molecule has 44 heavy (non-hydrogen) atoms. The van der Waals surface area contributed by atoms with Gasteiger partial charge in [-0.3, -0.25) is 4.79 Å². The minimum Gasteiger partial charge on any atom is -0.458 e. The Kier molecular flexibility index (Phi) is 6.86. The summed E-state index contributed by atoms with van der Waals surface area (Å²) in [5.41, 5.74) is 2.91. The largest absolute Gasteiger partial charge is 0.458 e. The van der Waals surface area contributed by atoms with Crippen molar-refractivity contribution in [1.29, 1.82) is 0 Å². The minimum atomic E-state index is -1.89. The number of pyridine rings is 2. The van der Waals surface area contributed by atoms with E-state index in [-0.39, 0.29) is 36.3 Å². The average Bonchev–Trinajstić information content (AvgIpc) is 3.40. The maximum Gasteiger partial charge on any atom is 0.415 e. The molecule has 1 saturated heterocycles. The number of aromatic nitrogens is 2. The van der Waals surface area contributed by atoms with E-state index in [1.54, 1.807) is 28.5 Å². The number of piperazine rings is 1. The van der Waals surface area contributed by atoms with E-state index in [0.29, 0.717) is 65.7 Å². The molecule has 2 aromatic heterocycles. The topological polar surface area (TPSA) is 114 Å². The highest BCUT2D eigenvalue weighted by atomic mass is 35.5. The van der Waals surface area contributed by atoms with Gasteiger partial charge in [0.05, 0.1) is 29.0 Å². The second-order valence-electron chi connectivity index (χ2n) is 11.4. The fourth-order valence-electron chi connectivity index (χ4n) is 6.45. The van der Waals surface area contributed by atoms with E-state index in [1.165, 1.54) is 0 Å². The molecule has 2 aromatic carbocycles. The van der Waals surface area contributed by atoms with Crippen LogP contribution in [-0.2, 0) is 34.7 Å². The van der Waals surface area contributed by atoms with E-state index in [1.807, 2.05) is 43.3 Å². The summed E-state index contributed by atoms with van der Waals surface area (Å²) in [6, 6.07) is 15.0. The van der Waals surface area contributed by atoms with Crippen LogP contribution in [0, 0.1) is 0 Å². The van der Waals surface area contributed by atoms with Crippen molar-refractivity contribution in [3.8, 4) is 17.1 Å². The fraction of sp³-hybridized carbons (Fsp3) is 0.333. The van der Waals surface area contributed by atoms with Crippen LogP contribution in [0.2, 0.25) is 5.02 Å². The Bertz CT molecular complexity index is 1920. The van der Waals surface area contributed by atoms with Crippen LogP contribution in [0.25, 0.3) is 22.3 Å². The Morgan fingerprint density at radius 3 is 2.61 bits per heavy atom. The summed E-state index contributed by atoms with van der Waals surface area (Å²) < 4.78 is 12.8. The van der Waals surface area contributed by atoms with Gasteiger partial charge < -0.3 is 28.9 Å².